The maximum Gasteiger partial charge on any atom is 0.307 e. The minimum Gasteiger partial charge on any atom is -0.481 e. The van der Waals surface area contributed by atoms with Crippen molar-refractivity contribution in [1.82, 2.24) is 15.1 Å². The number of fused-ring (bicyclic) bond motifs is 1. The van der Waals surface area contributed by atoms with Crippen molar-refractivity contribution < 1.29 is 19.2 Å². The van der Waals surface area contributed by atoms with E-state index in [1.807, 2.05) is 19.1 Å². The Morgan fingerprint density at radius 3 is 2.81 bits per heavy atom. The smallest absolute Gasteiger partial charge is 0.307 e. The van der Waals surface area contributed by atoms with E-state index in [0.29, 0.717) is 48.4 Å². The Kier molecular flexibility index (Phi) is 5.11. The lowest BCUT2D eigenvalue weighted by atomic mass is 9.98. The van der Waals surface area contributed by atoms with Crippen LogP contribution in [0.5, 0.6) is 0 Å². The molecule has 1 aliphatic heterocycles. The second kappa shape index (κ2) is 7.94. The van der Waals surface area contributed by atoms with E-state index in [2.05, 4.69) is 20.0 Å². The molecule has 0 bridgehead atoms. The molecule has 8 nitrogen and oxygen atoms in total. The van der Waals surface area contributed by atoms with Crippen LogP contribution in [0.2, 0.25) is 5.02 Å². The van der Waals surface area contributed by atoms with Gasteiger partial charge in [0.15, 0.2) is 0 Å². The highest BCUT2D eigenvalue weighted by molar-refractivity contribution is 6.33. The van der Waals surface area contributed by atoms with E-state index >= 15 is 0 Å². The number of rotatable bonds is 4. The molecule has 1 N–H and O–H groups in total. The van der Waals surface area contributed by atoms with Crippen molar-refractivity contribution in [3.8, 4) is 22.8 Å². The Morgan fingerprint density at radius 1 is 1.26 bits per heavy atom. The van der Waals surface area contributed by atoms with E-state index in [-0.39, 0.29) is 5.92 Å². The van der Waals surface area contributed by atoms with Crippen molar-refractivity contribution in [3.05, 3.63) is 46.1 Å². The number of hydrogen-bond donors (Lipinski definition) is 1. The average Bonchev–Trinajstić information content (AvgIpc) is 3.43. The summed E-state index contributed by atoms with van der Waals surface area (Å²) in [5, 5.41) is 14.0. The molecule has 0 spiro atoms. The monoisotopic (exact) mass is 440 g/mol. The van der Waals surface area contributed by atoms with Gasteiger partial charge in [-0.1, -0.05) is 28.9 Å². The SMILES string of the molecule is Cc1c(-c2noc(-c3cnc(N4CCOCC4)c(Cl)c3)n2)ccc2c1CC(C(=O)O)C2. The number of anilines is 1. The third-order valence-electron chi connectivity index (χ3n) is 6.01. The summed E-state index contributed by atoms with van der Waals surface area (Å²) in [6.45, 7) is 4.78. The first-order chi connectivity index (χ1) is 15.0. The van der Waals surface area contributed by atoms with Crippen LogP contribution in [0.25, 0.3) is 22.8 Å². The standard InChI is InChI=1S/C22H21ClN4O4/c1-12-16(3-2-13-8-14(22(28)29)9-17(12)13)19-25-21(31-26-19)15-10-18(23)20(24-11-15)27-4-6-30-7-5-27/h2-3,10-11,14H,4-9H2,1H3,(H,28,29). The highest BCUT2D eigenvalue weighted by Gasteiger charge is 2.29. The van der Waals surface area contributed by atoms with Gasteiger partial charge in [0.05, 0.1) is 29.7 Å². The molecular formula is C22H21ClN4O4. The van der Waals surface area contributed by atoms with Gasteiger partial charge in [0.2, 0.25) is 5.82 Å². The van der Waals surface area contributed by atoms with Crippen LogP contribution >= 0.6 is 11.6 Å². The van der Waals surface area contributed by atoms with E-state index in [1.54, 1.807) is 12.3 Å². The van der Waals surface area contributed by atoms with E-state index in [9.17, 15) is 9.90 Å². The predicted molar refractivity (Wildman–Crippen MR) is 114 cm³/mol. The Bertz CT molecular complexity index is 1160. The first-order valence-corrected chi connectivity index (χ1v) is 10.6. The summed E-state index contributed by atoms with van der Waals surface area (Å²) in [7, 11) is 0. The number of benzene rings is 1. The summed E-state index contributed by atoms with van der Waals surface area (Å²) in [6.07, 6.45) is 2.77. The maximum absolute atomic E-state index is 11.4. The zero-order valence-electron chi connectivity index (χ0n) is 17.0. The van der Waals surface area contributed by atoms with Crippen molar-refractivity contribution in [3.63, 3.8) is 0 Å². The normalized spacial score (nSPS) is 18.3. The predicted octanol–water partition coefficient (Wildman–Crippen LogP) is 3.40. The topological polar surface area (TPSA) is 102 Å². The van der Waals surface area contributed by atoms with Gasteiger partial charge in [-0.15, -0.1) is 0 Å². The fraction of sp³-hybridized carbons (Fsp3) is 0.364. The minimum atomic E-state index is -0.760. The molecule has 9 heteroatoms. The summed E-state index contributed by atoms with van der Waals surface area (Å²) >= 11 is 6.48. The third kappa shape index (κ3) is 3.66. The van der Waals surface area contributed by atoms with Crippen molar-refractivity contribution in [2.75, 3.05) is 31.2 Å². The Morgan fingerprint density at radius 2 is 2.06 bits per heavy atom. The molecule has 0 saturated carbocycles. The van der Waals surface area contributed by atoms with Crippen LogP contribution in [-0.4, -0.2) is 52.5 Å². The average molecular weight is 441 g/mol. The van der Waals surface area contributed by atoms with Crippen LogP contribution in [-0.2, 0) is 22.4 Å². The van der Waals surface area contributed by atoms with Crippen LogP contribution < -0.4 is 4.90 Å². The van der Waals surface area contributed by atoms with Crippen LogP contribution in [0.4, 0.5) is 5.82 Å². The summed E-state index contributed by atoms with van der Waals surface area (Å²) in [5.41, 5.74) is 4.62. The molecule has 1 atom stereocenters. The zero-order chi connectivity index (χ0) is 21.5. The van der Waals surface area contributed by atoms with Gasteiger partial charge in [0, 0.05) is 24.8 Å². The highest BCUT2D eigenvalue weighted by Crippen LogP contribution is 2.35. The molecular weight excluding hydrogens is 420 g/mol. The first-order valence-electron chi connectivity index (χ1n) is 10.2. The molecule has 3 heterocycles. The Labute approximate surface area is 183 Å². The number of carbonyl (C=O) groups is 1. The number of carboxylic acid groups (broad SMARTS) is 1. The van der Waals surface area contributed by atoms with Gasteiger partial charge < -0.3 is 19.3 Å². The first kappa shape index (κ1) is 20.0. The van der Waals surface area contributed by atoms with E-state index in [0.717, 1.165) is 41.2 Å². The molecule has 3 aromatic rings. The van der Waals surface area contributed by atoms with Gasteiger partial charge in [-0.2, -0.15) is 4.98 Å². The highest BCUT2D eigenvalue weighted by atomic mass is 35.5. The molecule has 2 aliphatic rings. The molecule has 1 aromatic carbocycles. The number of nitrogens with zero attached hydrogens (tertiary/aromatic N) is 4. The number of halogens is 1. The van der Waals surface area contributed by atoms with Gasteiger partial charge >= 0.3 is 5.97 Å². The quantitative estimate of drug-likeness (QED) is 0.658. The Balaban J connectivity index is 1.42. The van der Waals surface area contributed by atoms with Crippen LogP contribution in [0.3, 0.4) is 0 Å². The summed E-state index contributed by atoms with van der Waals surface area (Å²) in [4.78, 5) is 22.5. The van der Waals surface area contributed by atoms with Crippen molar-refractivity contribution in [2.24, 2.45) is 5.92 Å². The fourth-order valence-electron chi connectivity index (χ4n) is 4.29. The zero-order valence-corrected chi connectivity index (χ0v) is 17.7. The van der Waals surface area contributed by atoms with Gasteiger partial charge in [0.25, 0.3) is 5.89 Å². The number of ether oxygens (including phenoxy) is 1. The lowest BCUT2D eigenvalue weighted by Crippen LogP contribution is -2.36. The number of aliphatic carboxylic acids is 1. The second-order valence-corrected chi connectivity index (χ2v) is 8.28. The molecule has 0 radical (unpaired) electrons. The number of carboxylic acids is 1. The molecule has 0 amide bonds. The maximum atomic E-state index is 11.4. The van der Waals surface area contributed by atoms with Crippen molar-refractivity contribution in [2.45, 2.75) is 19.8 Å². The molecule has 1 saturated heterocycles. The molecule has 31 heavy (non-hydrogen) atoms. The molecule has 1 fully saturated rings. The van der Waals surface area contributed by atoms with E-state index < -0.39 is 5.97 Å². The van der Waals surface area contributed by atoms with Gasteiger partial charge in [-0.3, -0.25) is 4.79 Å². The Hall–Kier alpha value is -2.97. The summed E-state index contributed by atoms with van der Waals surface area (Å²) in [5.74, 6) is 0.381. The van der Waals surface area contributed by atoms with Gasteiger partial charge in [-0.05, 0) is 42.5 Å². The third-order valence-corrected chi connectivity index (χ3v) is 6.29. The second-order valence-electron chi connectivity index (χ2n) is 7.87. The molecule has 2 aromatic heterocycles. The lowest BCUT2D eigenvalue weighted by molar-refractivity contribution is -0.141. The van der Waals surface area contributed by atoms with Crippen LogP contribution in [0, 0.1) is 12.8 Å². The van der Waals surface area contributed by atoms with E-state index in [1.165, 1.54) is 0 Å². The molecule has 160 valence electrons. The van der Waals surface area contributed by atoms with E-state index in [4.69, 9.17) is 20.9 Å². The largest absolute Gasteiger partial charge is 0.481 e. The molecule has 1 unspecified atom stereocenters. The van der Waals surface area contributed by atoms with Crippen molar-refractivity contribution >= 4 is 23.4 Å². The van der Waals surface area contributed by atoms with Gasteiger partial charge in [0.1, 0.15) is 5.82 Å². The number of aromatic nitrogens is 3. The number of morpholine rings is 1. The van der Waals surface area contributed by atoms with Crippen molar-refractivity contribution in [1.29, 1.82) is 0 Å². The molecule has 5 rings (SSSR count). The minimum absolute atomic E-state index is 0.334. The number of hydrogen-bond acceptors (Lipinski definition) is 7. The van der Waals surface area contributed by atoms with Crippen LogP contribution in [0.1, 0.15) is 16.7 Å². The number of pyridine rings is 1. The fourth-order valence-corrected chi connectivity index (χ4v) is 4.58. The molecule has 1 aliphatic carbocycles. The van der Waals surface area contributed by atoms with Crippen LogP contribution in [0.15, 0.2) is 28.9 Å². The lowest BCUT2D eigenvalue weighted by Gasteiger charge is -2.28. The van der Waals surface area contributed by atoms with Gasteiger partial charge in [-0.25, -0.2) is 4.98 Å². The summed E-state index contributed by atoms with van der Waals surface area (Å²) in [6, 6.07) is 5.68. The summed E-state index contributed by atoms with van der Waals surface area (Å²) < 4.78 is 10.9.